The van der Waals surface area contributed by atoms with Crippen molar-refractivity contribution >= 4 is 37.2 Å². The van der Waals surface area contributed by atoms with Crippen LogP contribution >= 0.6 is 37.2 Å². The molecule has 0 fully saturated rings. The van der Waals surface area contributed by atoms with Gasteiger partial charge >= 0.3 is 49.6 Å². The Morgan fingerprint density at radius 2 is 0.778 bits per heavy atom. The van der Waals surface area contributed by atoms with Gasteiger partial charge in [-0.3, -0.25) is 0 Å². The monoisotopic (exact) mass is 246 g/mol. The average Bonchev–Trinajstić information content (AvgIpc) is 1.72. The van der Waals surface area contributed by atoms with Gasteiger partial charge in [-0.2, -0.15) is 13.8 Å². The molecule has 0 rings (SSSR count). The van der Waals surface area contributed by atoms with E-state index in [4.69, 9.17) is 37.2 Å². The Bertz CT molecular complexity index is 28.0. The first-order chi connectivity index (χ1) is 4.00. The fourth-order valence-electron chi connectivity index (χ4n) is 0. The standard InChI is InChI=1S/2C2H5.4ClH.Ti/c2*1-2;;;;;/h2*1H2,2H3;4*1H;/q2*-1;;;;;+4/p-4. The van der Waals surface area contributed by atoms with Crippen LogP contribution in [-0.4, -0.2) is 0 Å². The number of hydrogen-bond acceptors (Lipinski definition) is 0. The van der Waals surface area contributed by atoms with Gasteiger partial charge in [0.1, 0.15) is 0 Å². The Morgan fingerprint density at radius 3 is 0.778 bits per heavy atom. The summed E-state index contributed by atoms with van der Waals surface area (Å²) in [5.74, 6) is 0. The van der Waals surface area contributed by atoms with Crippen LogP contribution in [0.1, 0.15) is 13.8 Å². The van der Waals surface area contributed by atoms with Gasteiger partial charge in [-0.1, -0.05) is 0 Å². The van der Waals surface area contributed by atoms with Gasteiger partial charge in [0.05, 0.1) is 0 Å². The second kappa shape index (κ2) is 12.5. The van der Waals surface area contributed by atoms with Crippen molar-refractivity contribution in [2.45, 2.75) is 13.8 Å². The molecular weight excluding hydrogens is 238 g/mol. The minimum absolute atomic E-state index is 1.75. The van der Waals surface area contributed by atoms with Gasteiger partial charge in [-0.25, -0.2) is 0 Å². The van der Waals surface area contributed by atoms with Crippen LogP contribution in [0.15, 0.2) is 0 Å². The van der Waals surface area contributed by atoms with Crippen LogP contribution in [-0.2, 0) is 12.3 Å². The molecular formula is C4H10Cl4Ti-2. The molecule has 0 spiro atoms. The maximum absolute atomic E-state index is 5.01. The summed E-state index contributed by atoms with van der Waals surface area (Å²) in [5, 5.41) is 0. The Balaban J connectivity index is -0.0000000771. The second-order valence-corrected chi connectivity index (χ2v) is 15.9. The molecule has 0 aliphatic heterocycles. The summed E-state index contributed by atoms with van der Waals surface area (Å²) in [6, 6.07) is 0. The summed E-state index contributed by atoms with van der Waals surface area (Å²) >= 11 is -3.11. The Kier molecular flexibility index (Phi) is 23.8. The van der Waals surface area contributed by atoms with Crippen molar-refractivity contribution in [2.24, 2.45) is 0 Å². The van der Waals surface area contributed by atoms with Crippen molar-refractivity contribution in [1.82, 2.24) is 0 Å². The maximum atomic E-state index is 5.01. The molecule has 0 saturated heterocycles. The van der Waals surface area contributed by atoms with Crippen LogP contribution in [0.25, 0.3) is 0 Å². The zero-order chi connectivity index (χ0) is 8.50. The molecule has 5 heteroatoms. The molecule has 0 atom stereocenters. The quantitative estimate of drug-likeness (QED) is 0.439. The molecule has 0 aromatic rings. The van der Waals surface area contributed by atoms with Gasteiger partial charge in [-0.05, 0) is 0 Å². The van der Waals surface area contributed by atoms with Gasteiger partial charge in [-0.15, -0.1) is 0 Å². The molecule has 0 N–H and O–H groups in total. The zero-order valence-corrected chi connectivity index (χ0v) is 10.0. The summed E-state index contributed by atoms with van der Waals surface area (Å²) in [6.45, 7) is 10.0. The first-order valence-corrected chi connectivity index (χ1v) is 10.8. The molecule has 0 radical (unpaired) electrons. The Hall–Kier alpha value is 1.87. The van der Waals surface area contributed by atoms with E-state index < -0.39 is 12.3 Å². The Morgan fingerprint density at radius 1 is 0.778 bits per heavy atom. The van der Waals surface area contributed by atoms with E-state index in [9.17, 15) is 0 Å². The summed E-state index contributed by atoms with van der Waals surface area (Å²) in [6.07, 6.45) is 0. The molecule has 0 aromatic carbocycles. The van der Waals surface area contributed by atoms with E-state index >= 15 is 0 Å². The average molecular weight is 248 g/mol. The van der Waals surface area contributed by atoms with Crippen molar-refractivity contribution in [1.29, 1.82) is 0 Å². The van der Waals surface area contributed by atoms with Crippen LogP contribution in [0.3, 0.4) is 0 Å². The molecule has 0 amide bonds. The van der Waals surface area contributed by atoms with E-state index in [0.717, 1.165) is 0 Å². The van der Waals surface area contributed by atoms with Crippen molar-refractivity contribution < 1.29 is 12.3 Å². The number of rotatable bonds is 0. The summed E-state index contributed by atoms with van der Waals surface area (Å²) < 4.78 is 0. The van der Waals surface area contributed by atoms with E-state index in [-0.39, 0.29) is 0 Å². The fraction of sp³-hybridized carbons (Fsp3) is 0.500. The second-order valence-electron chi connectivity index (χ2n) is 0.429. The predicted molar refractivity (Wildman–Crippen MR) is 45.5 cm³/mol. The molecule has 0 unspecified atom stereocenters. The molecule has 0 heterocycles. The van der Waals surface area contributed by atoms with Crippen LogP contribution in [0.4, 0.5) is 0 Å². The molecule has 9 heavy (non-hydrogen) atoms. The molecule has 0 nitrogen and oxygen atoms in total. The van der Waals surface area contributed by atoms with E-state index in [2.05, 4.69) is 13.8 Å². The predicted octanol–water partition coefficient (Wildman–Crippen LogP) is 4.44. The van der Waals surface area contributed by atoms with Gasteiger partial charge in [0, 0.05) is 0 Å². The summed E-state index contributed by atoms with van der Waals surface area (Å²) in [5.41, 5.74) is 0. The summed E-state index contributed by atoms with van der Waals surface area (Å²) in [7, 11) is 20.1. The molecule has 0 saturated carbocycles. The topological polar surface area (TPSA) is 0 Å². The molecule has 0 aliphatic carbocycles. The number of hydrogen-bond donors (Lipinski definition) is 0. The van der Waals surface area contributed by atoms with Crippen LogP contribution in [0.5, 0.6) is 0 Å². The van der Waals surface area contributed by atoms with Gasteiger partial charge in [0.15, 0.2) is 0 Å². The van der Waals surface area contributed by atoms with Crippen molar-refractivity contribution in [3.05, 3.63) is 13.8 Å². The van der Waals surface area contributed by atoms with Gasteiger partial charge in [0.25, 0.3) is 0 Å². The third-order valence-corrected chi connectivity index (χ3v) is 0. The third kappa shape index (κ3) is 174. The minimum atomic E-state index is -3.11. The SMILES string of the molecule is [CH2-]C.[CH2-]C.[Cl][Ti]([Cl])([Cl])[Cl]. The van der Waals surface area contributed by atoms with Crippen molar-refractivity contribution in [3.63, 3.8) is 0 Å². The normalized spacial score (nSPS) is 8.00. The van der Waals surface area contributed by atoms with Crippen LogP contribution < -0.4 is 0 Å². The van der Waals surface area contributed by atoms with Crippen molar-refractivity contribution in [2.75, 3.05) is 0 Å². The third-order valence-electron chi connectivity index (χ3n) is 0. The summed E-state index contributed by atoms with van der Waals surface area (Å²) in [4.78, 5) is 0. The van der Waals surface area contributed by atoms with Gasteiger partial charge in [0.2, 0.25) is 0 Å². The fourth-order valence-corrected chi connectivity index (χ4v) is 0. The molecule has 60 valence electrons. The van der Waals surface area contributed by atoms with Crippen molar-refractivity contribution in [3.8, 4) is 0 Å². The first kappa shape index (κ1) is 17.1. The van der Waals surface area contributed by atoms with Crippen LogP contribution in [0.2, 0.25) is 0 Å². The number of halogens is 4. The van der Waals surface area contributed by atoms with E-state index in [1.165, 1.54) is 0 Å². The van der Waals surface area contributed by atoms with Gasteiger partial charge < -0.3 is 13.8 Å². The van der Waals surface area contributed by atoms with Crippen LogP contribution in [0, 0.1) is 13.8 Å². The van der Waals surface area contributed by atoms with E-state index in [0.29, 0.717) is 0 Å². The van der Waals surface area contributed by atoms with E-state index in [1.54, 1.807) is 13.8 Å². The molecule has 0 aromatic heterocycles. The first-order valence-electron chi connectivity index (χ1n) is 2.17. The Labute approximate surface area is 76.7 Å². The zero-order valence-electron chi connectivity index (χ0n) is 5.43. The van der Waals surface area contributed by atoms with E-state index in [1.807, 2.05) is 0 Å². The molecule has 0 aliphatic rings. The molecule has 0 bridgehead atoms.